The van der Waals surface area contributed by atoms with Gasteiger partial charge in [0.1, 0.15) is 6.04 Å². The third kappa shape index (κ3) is 3.69. The second-order valence-corrected chi connectivity index (χ2v) is 8.05. The summed E-state index contributed by atoms with van der Waals surface area (Å²) in [6.45, 7) is 4.13. The highest BCUT2D eigenvalue weighted by Gasteiger charge is 2.39. The van der Waals surface area contributed by atoms with Crippen LogP contribution in [0.5, 0.6) is 0 Å². The summed E-state index contributed by atoms with van der Waals surface area (Å²) in [6.07, 6.45) is 6.89. The van der Waals surface area contributed by atoms with E-state index < -0.39 is 11.9 Å². The van der Waals surface area contributed by atoms with Crippen molar-refractivity contribution >= 4 is 23.6 Å². The van der Waals surface area contributed by atoms with Crippen molar-refractivity contribution in [1.29, 1.82) is 0 Å². The fourth-order valence-electron chi connectivity index (χ4n) is 4.64. The summed E-state index contributed by atoms with van der Waals surface area (Å²) in [6, 6.07) is 4.31. The standard InChI is InChI=1S/C22H25N3O4/c1-2-17(13-5-3-4-6-13)23-20(27)14-7-8-16-15(11-14)12-25(22(16)29)18-9-10-19(26)24-21(18)28/h2,7-8,11,13,17-18H,1,3-6,9-10,12H2,(H,23,27)(H,24,26,28)/t17-,18?/m1/s1. The van der Waals surface area contributed by atoms with Crippen LogP contribution in [-0.4, -0.2) is 40.6 Å². The maximum absolute atomic E-state index is 12.8. The molecule has 2 atom stereocenters. The average molecular weight is 395 g/mol. The lowest BCUT2D eigenvalue weighted by atomic mass is 9.97. The molecule has 0 bridgehead atoms. The van der Waals surface area contributed by atoms with Gasteiger partial charge in [0, 0.05) is 30.1 Å². The van der Waals surface area contributed by atoms with Gasteiger partial charge in [0.2, 0.25) is 11.8 Å². The predicted molar refractivity (Wildman–Crippen MR) is 106 cm³/mol. The molecule has 0 radical (unpaired) electrons. The molecule has 1 aromatic carbocycles. The summed E-state index contributed by atoms with van der Waals surface area (Å²) in [5.41, 5.74) is 1.72. The molecule has 29 heavy (non-hydrogen) atoms. The Morgan fingerprint density at radius 1 is 1.21 bits per heavy atom. The fraction of sp³-hybridized carbons (Fsp3) is 0.455. The highest BCUT2D eigenvalue weighted by molar-refractivity contribution is 6.06. The van der Waals surface area contributed by atoms with Crippen molar-refractivity contribution in [3.63, 3.8) is 0 Å². The van der Waals surface area contributed by atoms with Gasteiger partial charge >= 0.3 is 0 Å². The minimum Gasteiger partial charge on any atom is -0.346 e. The van der Waals surface area contributed by atoms with Crippen molar-refractivity contribution in [2.45, 2.75) is 57.2 Å². The fourth-order valence-corrected chi connectivity index (χ4v) is 4.64. The third-order valence-electron chi connectivity index (χ3n) is 6.25. The van der Waals surface area contributed by atoms with Crippen molar-refractivity contribution in [2.75, 3.05) is 0 Å². The van der Waals surface area contributed by atoms with Gasteiger partial charge in [-0.2, -0.15) is 0 Å². The zero-order valence-corrected chi connectivity index (χ0v) is 16.3. The molecular weight excluding hydrogens is 370 g/mol. The van der Waals surface area contributed by atoms with Crippen LogP contribution >= 0.6 is 0 Å². The second-order valence-electron chi connectivity index (χ2n) is 8.05. The summed E-state index contributed by atoms with van der Waals surface area (Å²) >= 11 is 0. The number of hydrogen-bond acceptors (Lipinski definition) is 4. The number of nitrogens with one attached hydrogen (secondary N) is 2. The number of hydrogen-bond donors (Lipinski definition) is 2. The number of rotatable bonds is 5. The molecule has 1 saturated heterocycles. The lowest BCUT2D eigenvalue weighted by molar-refractivity contribution is -0.136. The van der Waals surface area contributed by atoms with Gasteiger partial charge in [-0.1, -0.05) is 18.9 Å². The molecule has 2 heterocycles. The van der Waals surface area contributed by atoms with Crippen LogP contribution in [0.3, 0.4) is 0 Å². The van der Waals surface area contributed by atoms with Gasteiger partial charge in [0.05, 0.1) is 0 Å². The van der Waals surface area contributed by atoms with Gasteiger partial charge < -0.3 is 10.2 Å². The lowest BCUT2D eigenvalue weighted by Gasteiger charge is -2.29. The minimum absolute atomic E-state index is 0.0557. The Morgan fingerprint density at radius 2 is 1.97 bits per heavy atom. The van der Waals surface area contributed by atoms with Crippen LogP contribution in [0.4, 0.5) is 0 Å². The molecule has 0 aromatic heterocycles. The van der Waals surface area contributed by atoms with Crippen molar-refractivity contribution in [2.24, 2.45) is 5.92 Å². The van der Waals surface area contributed by atoms with Gasteiger partial charge in [0.25, 0.3) is 11.8 Å². The summed E-state index contributed by atoms with van der Waals surface area (Å²) in [5.74, 6) is -0.748. The number of imide groups is 1. The highest BCUT2D eigenvalue weighted by Crippen LogP contribution is 2.30. The molecule has 1 unspecified atom stereocenters. The largest absolute Gasteiger partial charge is 0.346 e. The SMILES string of the molecule is C=C[C@@H](NC(=O)c1ccc2c(c1)CN(C1CCC(=O)NC1=O)C2=O)C1CCCC1. The van der Waals surface area contributed by atoms with E-state index in [1.165, 1.54) is 17.7 Å². The molecule has 1 saturated carbocycles. The molecular formula is C22H25N3O4. The Labute approximate surface area is 169 Å². The van der Waals surface area contributed by atoms with E-state index in [1.807, 2.05) is 0 Å². The van der Waals surface area contributed by atoms with Crippen LogP contribution in [0.15, 0.2) is 30.9 Å². The van der Waals surface area contributed by atoms with Crippen LogP contribution < -0.4 is 10.6 Å². The molecule has 7 nitrogen and oxygen atoms in total. The molecule has 4 rings (SSSR count). The molecule has 3 aliphatic rings. The normalized spacial score (nSPS) is 23.0. The van der Waals surface area contributed by atoms with Crippen LogP contribution in [0.25, 0.3) is 0 Å². The third-order valence-corrected chi connectivity index (χ3v) is 6.25. The summed E-state index contributed by atoms with van der Waals surface area (Å²) in [4.78, 5) is 50.5. The van der Waals surface area contributed by atoms with E-state index in [1.54, 1.807) is 24.3 Å². The van der Waals surface area contributed by atoms with E-state index in [4.69, 9.17) is 0 Å². The van der Waals surface area contributed by atoms with Gasteiger partial charge in [-0.3, -0.25) is 24.5 Å². The van der Waals surface area contributed by atoms with E-state index in [2.05, 4.69) is 17.2 Å². The molecule has 4 amide bonds. The van der Waals surface area contributed by atoms with Gasteiger partial charge in [-0.15, -0.1) is 6.58 Å². The maximum Gasteiger partial charge on any atom is 0.255 e. The molecule has 1 aliphatic carbocycles. The second kappa shape index (κ2) is 7.81. The molecule has 2 fully saturated rings. The number of amides is 4. The first-order valence-corrected chi connectivity index (χ1v) is 10.2. The van der Waals surface area contributed by atoms with Crippen molar-refractivity contribution in [3.8, 4) is 0 Å². The number of fused-ring (bicyclic) bond motifs is 1. The highest BCUT2D eigenvalue weighted by atomic mass is 16.2. The summed E-state index contributed by atoms with van der Waals surface area (Å²) in [7, 11) is 0. The van der Waals surface area contributed by atoms with E-state index in [0.29, 0.717) is 23.5 Å². The molecule has 2 aliphatic heterocycles. The first-order valence-electron chi connectivity index (χ1n) is 10.2. The Bertz CT molecular complexity index is 888. The zero-order valence-electron chi connectivity index (χ0n) is 16.3. The molecule has 1 aromatic rings. The van der Waals surface area contributed by atoms with Crippen molar-refractivity contribution in [3.05, 3.63) is 47.5 Å². The number of carbonyl (C=O) groups excluding carboxylic acids is 4. The number of benzene rings is 1. The van der Waals surface area contributed by atoms with Gasteiger partial charge in [0.15, 0.2) is 0 Å². The van der Waals surface area contributed by atoms with Crippen molar-refractivity contribution in [1.82, 2.24) is 15.5 Å². The topological polar surface area (TPSA) is 95.6 Å². The van der Waals surface area contributed by atoms with E-state index >= 15 is 0 Å². The quantitative estimate of drug-likeness (QED) is 0.588. The van der Waals surface area contributed by atoms with Crippen LogP contribution in [0.2, 0.25) is 0 Å². The van der Waals surface area contributed by atoms with Gasteiger partial charge in [-0.05, 0) is 48.9 Å². The number of carbonyl (C=O) groups is 4. The Kier molecular flexibility index (Phi) is 5.22. The number of piperidine rings is 1. The van der Waals surface area contributed by atoms with E-state index in [-0.39, 0.29) is 36.7 Å². The first kappa shape index (κ1) is 19.4. The zero-order chi connectivity index (χ0) is 20.5. The van der Waals surface area contributed by atoms with E-state index in [9.17, 15) is 19.2 Å². The average Bonchev–Trinajstić information content (AvgIpc) is 3.34. The molecule has 0 spiro atoms. The summed E-state index contributed by atoms with van der Waals surface area (Å²) in [5, 5.41) is 5.35. The van der Waals surface area contributed by atoms with Crippen LogP contribution in [0.1, 0.15) is 64.8 Å². The molecule has 152 valence electrons. The smallest absolute Gasteiger partial charge is 0.255 e. The monoisotopic (exact) mass is 395 g/mol. The molecule has 2 N–H and O–H groups in total. The lowest BCUT2D eigenvalue weighted by Crippen LogP contribution is -2.52. The van der Waals surface area contributed by atoms with Crippen molar-refractivity contribution < 1.29 is 19.2 Å². The number of nitrogens with zero attached hydrogens (tertiary/aromatic N) is 1. The van der Waals surface area contributed by atoms with E-state index in [0.717, 1.165) is 18.4 Å². The Balaban J connectivity index is 1.48. The van der Waals surface area contributed by atoms with Crippen LogP contribution in [-0.2, 0) is 16.1 Å². The Hall–Kier alpha value is -2.96. The predicted octanol–water partition coefficient (Wildman–Crippen LogP) is 1.92. The first-order chi connectivity index (χ1) is 14.0. The maximum atomic E-state index is 12.8. The summed E-state index contributed by atoms with van der Waals surface area (Å²) < 4.78 is 0. The molecule has 7 heteroatoms. The minimum atomic E-state index is -0.655. The van der Waals surface area contributed by atoms with Crippen LogP contribution in [0, 0.1) is 5.92 Å². The Morgan fingerprint density at radius 3 is 2.66 bits per heavy atom. The van der Waals surface area contributed by atoms with Gasteiger partial charge in [-0.25, -0.2) is 0 Å².